The zero-order valence-electron chi connectivity index (χ0n) is 13.6. The molecule has 0 aromatic heterocycles. The van der Waals surface area contributed by atoms with E-state index in [-0.39, 0.29) is 19.2 Å². The second-order valence-corrected chi connectivity index (χ2v) is 3.15. The highest BCUT2D eigenvalue weighted by Gasteiger charge is 1.96. The van der Waals surface area contributed by atoms with Crippen molar-refractivity contribution in [3.63, 3.8) is 0 Å². The van der Waals surface area contributed by atoms with E-state index in [4.69, 9.17) is 15.3 Å². The monoisotopic (exact) mass is 314 g/mol. The summed E-state index contributed by atoms with van der Waals surface area (Å²) in [4.78, 5) is 19.8. The van der Waals surface area contributed by atoms with Crippen LogP contribution in [-0.2, 0) is 19.0 Å². The van der Waals surface area contributed by atoms with Gasteiger partial charge in [0, 0.05) is 27.2 Å². The summed E-state index contributed by atoms with van der Waals surface area (Å²) in [7, 11) is 3.65. The molecular formula is C13H30O8. The minimum absolute atomic E-state index is 0.0938. The Bertz CT molecular complexity index is 195. The normalized spacial score (nSPS) is 7.62. The molecule has 0 radical (unpaired) electrons. The smallest absolute Gasteiger partial charge is 0.469 e. The number of esters is 1. The molecule has 0 aliphatic carbocycles. The molecule has 0 unspecified atom stereocenters. The van der Waals surface area contributed by atoms with Crippen molar-refractivity contribution in [1.29, 1.82) is 0 Å². The van der Waals surface area contributed by atoms with Gasteiger partial charge in [0.25, 0.3) is 0 Å². The molecule has 0 aromatic rings. The lowest BCUT2D eigenvalue weighted by Gasteiger charge is -1.99. The number of hydrogen-bond donors (Lipinski definition) is 3. The maximum absolute atomic E-state index is 10.2. The van der Waals surface area contributed by atoms with Gasteiger partial charge in [0.1, 0.15) is 0 Å². The molecule has 0 fully saturated rings. The van der Waals surface area contributed by atoms with Crippen molar-refractivity contribution < 1.29 is 39.1 Å². The van der Waals surface area contributed by atoms with Crippen LogP contribution < -0.4 is 0 Å². The Morgan fingerprint density at radius 3 is 1.57 bits per heavy atom. The van der Waals surface area contributed by atoms with Crippen LogP contribution in [0.1, 0.15) is 33.1 Å². The van der Waals surface area contributed by atoms with Gasteiger partial charge in [-0.3, -0.25) is 4.79 Å². The summed E-state index contributed by atoms with van der Waals surface area (Å²) in [6.45, 7) is 4.04. The first-order chi connectivity index (χ1) is 9.99. The largest absolute Gasteiger partial charge is 0.507 e. The molecule has 0 spiro atoms. The van der Waals surface area contributed by atoms with Crippen LogP contribution in [0.3, 0.4) is 0 Å². The number of aliphatic hydroxyl groups is 3. The lowest BCUT2D eigenvalue weighted by atomic mass is 10.4. The fourth-order valence-corrected chi connectivity index (χ4v) is 0.429. The van der Waals surface area contributed by atoms with Crippen LogP contribution in [-0.4, -0.2) is 68.6 Å². The summed E-state index contributed by atoms with van der Waals surface area (Å²) in [5, 5.41) is 22.8. The molecule has 0 rings (SSSR count). The molecule has 3 N–H and O–H groups in total. The van der Waals surface area contributed by atoms with Crippen molar-refractivity contribution in [3.8, 4) is 0 Å². The Balaban J connectivity index is -0.000000104. The first kappa shape index (κ1) is 27.9. The lowest BCUT2D eigenvalue weighted by Crippen LogP contribution is -2.04. The Morgan fingerprint density at radius 2 is 1.38 bits per heavy atom. The fraction of sp³-hybridized carbons (Fsp3) is 0.846. The second kappa shape index (κ2) is 31.2. The first-order valence-corrected chi connectivity index (χ1v) is 6.41. The average Bonchev–Trinajstić information content (AvgIpc) is 2.51. The van der Waals surface area contributed by atoms with Crippen molar-refractivity contribution >= 4 is 12.1 Å². The zero-order valence-corrected chi connectivity index (χ0v) is 13.6. The zero-order chi connectivity index (χ0) is 17.5. The summed E-state index contributed by atoms with van der Waals surface area (Å²) < 4.78 is 12.9. The molecule has 0 saturated carbocycles. The van der Waals surface area contributed by atoms with Crippen LogP contribution in [0, 0.1) is 0 Å². The van der Waals surface area contributed by atoms with Crippen LogP contribution in [0.5, 0.6) is 0 Å². The molecule has 130 valence electrons. The van der Waals surface area contributed by atoms with Crippen LogP contribution in [0.15, 0.2) is 0 Å². The molecule has 0 heterocycles. The number of ether oxygens (including phenoxy) is 3. The fourth-order valence-electron chi connectivity index (χ4n) is 0.429. The second-order valence-electron chi connectivity index (χ2n) is 3.15. The highest BCUT2D eigenvalue weighted by atomic mass is 16.7. The number of unbranched alkanes of at least 4 members (excludes halogenated alkanes) is 1. The number of aliphatic hydroxyl groups excluding tert-OH is 3. The van der Waals surface area contributed by atoms with E-state index >= 15 is 0 Å². The molecular weight excluding hydrogens is 284 g/mol. The molecule has 0 atom stereocenters. The molecule has 21 heavy (non-hydrogen) atoms. The highest BCUT2D eigenvalue weighted by Crippen LogP contribution is 1.89. The Hall–Kier alpha value is -1.38. The summed E-state index contributed by atoms with van der Waals surface area (Å²) in [5.41, 5.74) is 0. The average molecular weight is 314 g/mol. The van der Waals surface area contributed by atoms with Gasteiger partial charge in [0.2, 0.25) is 0 Å². The third-order valence-electron chi connectivity index (χ3n) is 1.49. The van der Waals surface area contributed by atoms with Crippen molar-refractivity contribution in [1.82, 2.24) is 0 Å². The van der Waals surface area contributed by atoms with Gasteiger partial charge >= 0.3 is 12.1 Å². The van der Waals surface area contributed by atoms with Crippen LogP contribution in [0.2, 0.25) is 0 Å². The van der Waals surface area contributed by atoms with Crippen LogP contribution in [0.25, 0.3) is 0 Å². The number of methoxy groups -OCH3 is 2. The van der Waals surface area contributed by atoms with Gasteiger partial charge in [-0.2, -0.15) is 0 Å². The van der Waals surface area contributed by atoms with E-state index in [0.29, 0.717) is 13.0 Å². The van der Waals surface area contributed by atoms with Gasteiger partial charge in [0.05, 0.1) is 20.8 Å². The minimum atomic E-state index is -0.594. The molecule has 0 aliphatic rings. The molecule has 0 amide bonds. The quantitative estimate of drug-likeness (QED) is 0.501. The maximum atomic E-state index is 10.2. The number of carbonyl (C=O) groups is 2. The summed E-state index contributed by atoms with van der Waals surface area (Å²) >= 11 is 0. The Labute approximate surface area is 126 Å². The van der Waals surface area contributed by atoms with E-state index in [0.717, 1.165) is 20.0 Å². The Morgan fingerprint density at radius 1 is 0.952 bits per heavy atom. The first-order valence-electron chi connectivity index (χ1n) is 6.41. The highest BCUT2D eigenvalue weighted by molar-refractivity contribution is 5.65. The van der Waals surface area contributed by atoms with E-state index in [2.05, 4.69) is 14.2 Å². The van der Waals surface area contributed by atoms with E-state index in [1.807, 2.05) is 6.92 Å². The molecule has 0 aromatic carbocycles. The van der Waals surface area contributed by atoms with Gasteiger partial charge < -0.3 is 29.5 Å². The van der Waals surface area contributed by atoms with Crippen LogP contribution in [0.4, 0.5) is 4.79 Å². The number of hydrogen-bond acceptors (Lipinski definition) is 8. The van der Waals surface area contributed by atoms with Gasteiger partial charge in [-0.15, -0.1) is 0 Å². The van der Waals surface area contributed by atoms with Crippen molar-refractivity contribution in [2.45, 2.75) is 33.1 Å². The predicted octanol–water partition coefficient (Wildman–Crippen LogP) is 0.718. The number of carbonyl (C=O) groups excluding carboxylic acids is 2. The van der Waals surface area contributed by atoms with E-state index in [1.165, 1.54) is 21.1 Å². The topological polar surface area (TPSA) is 123 Å². The minimum Gasteiger partial charge on any atom is -0.469 e. The van der Waals surface area contributed by atoms with Crippen molar-refractivity contribution in [2.75, 3.05) is 41.2 Å². The van der Waals surface area contributed by atoms with Gasteiger partial charge in [-0.1, -0.05) is 13.3 Å². The van der Waals surface area contributed by atoms with Gasteiger partial charge in [0.15, 0.2) is 0 Å². The molecule has 8 nitrogen and oxygen atoms in total. The maximum Gasteiger partial charge on any atom is 0.507 e. The summed E-state index contributed by atoms with van der Waals surface area (Å²) in [6, 6.07) is 0. The third-order valence-corrected chi connectivity index (χ3v) is 1.49. The molecule has 8 heteroatoms. The van der Waals surface area contributed by atoms with Crippen molar-refractivity contribution in [3.05, 3.63) is 0 Å². The van der Waals surface area contributed by atoms with Gasteiger partial charge in [-0.05, 0) is 12.8 Å². The standard InChI is InChI=1S/C6H12O3.C3H6O2.C3H8O2.CH4O/c1-3-4-5-9-6(7)8-2;1-3(4)5-2;4-2-1-3-5;1-2/h3-5H2,1-2H3;1-2H3;4-5H,1-3H2;2H,1H3. The van der Waals surface area contributed by atoms with E-state index in [1.54, 1.807) is 0 Å². The Kier molecular flexibility index (Phi) is 41.4. The molecule has 0 aliphatic heterocycles. The molecule has 0 saturated heterocycles. The summed E-state index contributed by atoms with van der Waals surface area (Å²) in [6.07, 6.45) is 1.83. The lowest BCUT2D eigenvalue weighted by molar-refractivity contribution is -0.137. The predicted molar refractivity (Wildman–Crippen MR) is 77.9 cm³/mol. The van der Waals surface area contributed by atoms with E-state index < -0.39 is 6.16 Å². The SMILES string of the molecule is CCCCOC(=O)OC.CO.COC(C)=O.OCCCO. The van der Waals surface area contributed by atoms with Crippen molar-refractivity contribution in [2.24, 2.45) is 0 Å². The van der Waals surface area contributed by atoms with Gasteiger partial charge in [-0.25, -0.2) is 4.79 Å². The summed E-state index contributed by atoms with van der Waals surface area (Å²) in [5.74, 6) is -0.245. The number of rotatable bonds is 5. The molecule has 0 bridgehead atoms. The van der Waals surface area contributed by atoms with E-state index in [9.17, 15) is 9.59 Å². The third kappa shape index (κ3) is 55.6. The van der Waals surface area contributed by atoms with Crippen LogP contribution >= 0.6 is 0 Å².